The van der Waals surface area contributed by atoms with Gasteiger partial charge in [-0.15, -0.1) is 11.6 Å². The number of amides is 1. The first kappa shape index (κ1) is 14.7. The number of benzene rings is 1. The summed E-state index contributed by atoms with van der Waals surface area (Å²) in [7, 11) is 0. The second-order valence-electron chi connectivity index (χ2n) is 4.39. The number of hydrogen-bond acceptors (Lipinski definition) is 3. The molecule has 1 aromatic rings. The summed E-state index contributed by atoms with van der Waals surface area (Å²) in [5, 5.41) is 13.7. The maximum atomic E-state index is 12.0. The average molecular weight is 291 g/mol. The van der Waals surface area contributed by atoms with Crippen LogP contribution < -0.4 is 5.32 Å². The van der Waals surface area contributed by atoms with E-state index in [0.717, 1.165) is 0 Å². The van der Waals surface area contributed by atoms with Gasteiger partial charge in [0.2, 0.25) is 0 Å². The highest BCUT2D eigenvalue weighted by Crippen LogP contribution is 2.23. The van der Waals surface area contributed by atoms with Gasteiger partial charge in [-0.25, -0.2) is 0 Å². The molecule has 0 saturated heterocycles. The zero-order chi connectivity index (χ0) is 13.9. The van der Waals surface area contributed by atoms with Gasteiger partial charge in [0.15, 0.2) is 0 Å². The summed E-state index contributed by atoms with van der Waals surface area (Å²) in [5.74, 6) is -0.387. The van der Waals surface area contributed by atoms with E-state index >= 15 is 0 Å². The van der Waals surface area contributed by atoms with Gasteiger partial charge in [-0.2, -0.15) is 0 Å². The van der Waals surface area contributed by atoms with Gasteiger partial charge >= 0.3 is 0 Å². The Morgan fingerprint density at radius 1 is 1.50 bits per heavy atom. The van der Waals surface area contributed by atoms with Gasteiger partial charge in [0.1, 0.15) is 5.56 Å². The number of carbonyl (C=O) groups excluding carboxylic acids is 1. The molecule has 0 aliphatic rings. The number of nitrogens with zero attached hydrogens (tertiary/aromatic N) is 1. The van der Waals surface area contributed by atoms with Crippen molar-refractivity contribution >= 4 is 34.8 Å². The molecule has 98 valence electrons. The van der Waals surface area contributed by atoms with E-state index in [9.17, 15) is 14.9 Å². The number of nitrogens with one attached hydrogen (secondary N) is 1. The van der Waals surface area contributed by atoms with Gasteiger partial charge in [-0.1, -0.05) is 11.6 Å². The molecule has 1 rings (SSSR count). The zero-order valence-corrected chi connectivity index (χ0v) is 11.4. The number of nitro groups is 1. The van der Waals surface area contributed by atoms with Crippen LogP contribution in [0.15, 0.2) is 18.2 Å². The maximum Gasteiger partial charge on any atom is 0.282 e. The molecule has 18 heavy (non-hydrogen) atoms. The summed E-state index contributed by atoms with van der Waals surface area (Å²) in [6.45, 7) is 3.43. The lowest BCUT2D eigenvalue weighted by Gasteiger charge is -2.23. The molecular formula is C11H12Cl2N2O3. The van der Waals surface area contributed by atoms with Crippen molar-refractivity contribution in [3.05, 3.63) is 38.9 Å². The highest BCUT2D eigenvalue weighted by molar-refractivity contribution is 6.31. The van der Waals surface area contributed by atoms with Gasteiger partial charge in [0, 0.05) is 22.5 Å². The van der Waals surface area contributed by atoms with Crippen LogP contribution in [0.5, 0.6) is 0 Å². The monoisotopic (exact) mass is 290 g/mol. The van der Waals surface area contributed by atoms with Crippen LogP contribution in [0.2, 0.25) is 5.02 Å². The Hall–Kier alpha value is -1.33. The maximum absolute atomic E-state index is 12.0. The van der Waals surface area contributed by atoms with E-state index in [1.807, 2.05) is 0 Å². The van der Waals surface area contributed by atoms with E-state index in [2.05, 4.69) is 5.32 Å². The van der Waals surface area contributed by atoms with Crippen LogP contribution >= 0.6 is 23.2 Å². The van der Waals surface area contributed by atoms with Crippen molar-refractivity contribution in [1.29, 1.82) is 0 Å². The van der Waals surface area contributed by atoms with Crippen LogP contribution in [0.4, 0.5) is 5.69 Å². The summed E-state index contributed by atoms with van der Waals surface area (Å²) in [6, 6.07) is 3.83. The molecule has 0 fully saturated rings. The van der Waals surface area contributed by atoms with Crippen molar-refractivity contribution in [2.75, 3.05) is 5.88 Å². The summed E-state index contributed by atoms with van der Waals surface area (Å²) >= 11 is 11.4. The van der Waals surface area contributed by atoms with Crippen molar-refractivity contribution in [3.8, 4) is 0 Å². The summed E-state index contributed by atoms with van der Waals surface area (Å²) in [4.78, 5) is 22.2. The molecule has 1 N–H and O–H groups in total. The van der Waals surface area contributed by atoms with Crippen LogP contribution in [0.1, 0.15) is 24.2 Å². The molecule has 1 aromatic carbocycles. The number of halogens is 2. The fourth-order valence-electron chi connectivity index (χ4n) is 1.26. The Kier molecular flexibility index (Phi) is 4.53. The Balaban J connectivity index is 3.12. The zero-order valence-electron chi connectivity index (χ0n) is 9.87. The first-order valence-corrected chi connectivity index (χ1v) is 6.00. The van der Waals surface area contributed by atoms with E-state index in [1.54, 1.807) is 13.8 Å². The minimum Gasteiger partial charge on any atom is -0.346 e. The average Bonchev–Trinajstić information content (AvgIpc) is 2.28. The Labute approximate surface area is 114 Å². The molecular weight excluding hydrogens is 279 g/mol. The number of nitro benzene ring substituents is 1. The SMILES string of the molecule is CC(C)(CCl)NC(=O)c1cc(Cl)ccc1[N+](=O)[O-]. The van der Waals surface area contributed by atoms with E-state index in [4.69, 9.17) is 23.2 Å². The van der Waals surface area contributed by atoms with Gasteiger partial charge in [0.05, 0.1) is 4.92 Å². The number of carbonyl (C=O) groups is 1. The molecule has 1 amide bonds. The molecule has 0 unspecified atom stereocenters. The third-order valence-corrected chi connectivity index (χ3v) is 3.09. The van der Waals surface area contributed by atoms with Crippen LogP contribution in [-0.4, -0.2) is 22.2 Å². The van der Waals surface area contributed by atoms with E-state index in [1.165, 1.54) is 18.2 Å². The van der Waals surface area contributed by atoms with E-state index in [-0.39, 0.29) is 22.2 Å². The van der Waals surface area contributed by atoms with Gasteiger partial charge < -0.3 is 5.32 Å². The van der Waals surface area contributed by atoms with Crippen LogP contribution in [0, 0.1) is 10.1 Å². The molecule has 5 nitrogen and oxygen atoms in total. The second kappa shape index (κ2) is 5.54. The Morgan fingerprint density at radius 3 is 2.61 bits per heavy atom. The normalized spacial score (nSPS) is 11.1. The van der Waals surface area contributed by atoms with Crippen molar-refractivity contribution in [2.24, 2.45) is 0 Å². The number of rotatable bonds is 4. The molecule has 0 aliphatic carbocycles. The molecule has 0 heterocycles. The lowest BCUT2D eigenvalue weighted by molar-refractivity contribution is -0.385. The fraction of sp³-hybridized carbons (Fsp3) is 0.364. The quantitative estimate of drug-likeness (QED) is 0.526. The van der Waals surface area contributed by atoms with Gasteiger partial charge in [-0.3, -0.25) is 14.9 Å². The lowest BCUT2D eigenvalue weighted by Crippen LogP contribution is -2.45. The molecule has 0 bridgehead atoms. The topological polar surface area (TPSA) is 72.2 Å². The van der Waals surface area contributed by atoms with Crippen LogP contribution in [-0.2, 0) is 0 Å². The Bertz CT molecular complexity index is 489. The van der Waals surface area contributed by atoms with E-state index < -0.39 is 16.4 Å². The molecule has 0 aromatic heterocycles. The third-order valence-electron chi connectivity index (χ3n) is 2.19. The van der Waals surface area contributed by atoms with Crippen LogP contribution in [0.25, 0.3) is 0 Å². The fourth-order valence-corrected chi connectivity index (χ4v) is 1.50. The van der Waals surface area contributed by atoms with Crippen molar-refractivity contribution < 1.29 is 9.72 Å². The highest BCUT2D eigenvalue weighted by atomic mass is 35.5. The number of hydrogen-bond donors (Lipinski definition) is 1. The molecule has 0 atom stereocenters. The minimum atomic E-state index is -0.658. The highest BCUT2D eigenvalue weighted by Gasteiger charge is 2.25. The standard InChI is InChI=1S/C11H12Cl2N2O3/c1-11(2,6-12)14-10(16)8-5-7(13)3-4-9(8)15(17)18/h3-5H,6H2,1-2H3,(H,14,16). The largest absolute Gasteiger partial charge is 0.346 e. The smallest absolute Gasteiger partial charge is 0.282 e. The predicted molar refractivity (Wildman–Crippen MR) is 70.4 cm³/mol. The third kappa shape index (κ3) is 3.58. The second-order valence-corrected chi connectivity index (χ2v) is 5.09. The summed E-state index contributed by atoms with van der Waals surface area (Å²) in [5.41, 5.74) is -1.03. The molecule has 7 heteroatoms. The molecule has 0 aliphatic heterocycles. The van der Waals surface area contributed by atoms with Crippen molar-refractivity contribution in [1.82, 2.24) is 5.32 Å². The van der Waals surface area contributed by atoms with Crippen molar-refractivity contribution in [3.63, 3.8) is 0 Å². The number of alkyl halides is 1. The van der Waals surface area contributed by atoms with E-state index in [0.29, 0.717) is 0 Å². The first-order chi connectivity index (χ1) is 8.26. The molecule has 0 radical (unpaired) electrons. The minimum absolute atomic E-state index is 0.0781. The Morgan fingerprint density at radius 2 is 2.11 bits per heavy atom. The molecule has 0 spiro atoms. The molecule has 0 saturated carbocycles. The summed E-state index contributed by atoms with van der Waals surface area (Å²) in [6.07, 6.45) is 0. The van der Waals surface area contributed by atoms with Crippen LogP contribution in [0.3, 0.4) is 0 Å². The predicted octanol–water partition coefficient (Wildman–Crippen LogP) is 3.00. The lowest BCUT2D eigenvalue weighted by atomic mass is 10.1. The summed E-state index contributed by atoms with van der Waals surface area (Å²) < 4.78 is 0. The van der Waals surface area contributed by atoms with Gasteiger partial charge in [-0.05, 0) is 26.0 Å². The van der Waals surface area contributed by atoms with Gasteiger partial charge in [0.25, 0.3) is 11.6 Å². The first-order valence-electron chi connectivity index (χ1n) is 5.09. The van der Waals surface area contributed by atoms with Crippen molar-refractivity contribution in [2.45, 2.75) is 19.4 Å².